The highest BCUT2D eigenvalue weighted by molar-refractivity contribution is 7.15. The molecule has 0 spiro atoms. The van der Waals surface area contributed by atoms with Gasteiger partial charge in [-0.3, -0.25) is 4.79 Å². The van der Waals surface area contributed by atoms with E-state index in [0.717, 1.165) is 22.1 Å². The van der Waals surface area contributed by atoms with Crippen molar-refractivity contribution in [3.05, 3.63) is 76.3 Å². The maximum absolute atomic E-state index is 12.7. The number of carboxylic acid groups (broad SMARTS) is 1. The molecule has 2 aromatic carbocycles. The normalized spacial score (nSPS) is 11.2. The molecule has 6 nitrogen and oxygen atoms in total. The van der Waals surface area contributed by atoms with E-state index in [0.29, 0.717) is 27.5 Å². The van der Waals surface area contributed by atoms with Gasteiger partial charge in [-0.25, -0.2) is 4.79 Å². The number of hydrogen-bond acceptors (Lipinski definition) is 5. The topological polar surface area (TPSA) is 92.7 Å². The minimum atomic E-state index is -1.18. The molecule has 0 saturated heterocycles. The lowest BCUT2D eigenvalue weighted by atomic mass is 10.1. The average Bonchev–Trinajstić information content (AvgIpc) is 3.43. The summed E-state index contributed by atoms with van der Waals surface area (Å²) < 4.78 is 11.4. The second kappa shape index (κ2) is 7.05. The maximum Gasteiger partial charge on any atom is 0.339 e. The molecule has 0 aliphatic carbocycles. The third-order valence-corrected chi connectivity index (χ3v) is 5.76. The summed E-state index contributed by atoms with van der Waals surface area (Å²) in [6, 6.07) is 15.7. The molecule has 0 radical (unpaired) electrons. The van der Waals surface area contributed by atoms with E-state index in [9.17, 15) is 14.7 Å². The first-order valence-electron chi connectivity index (χ1n) is 8.84. The zero-order chi connectivity index (χ0) is 20.8. The van der Waals surface area contributed by atoms with Crippen LogP contribution in [0.15, 0.2) is 68.8 Å². The van der Waals surface area contributed by atoms with E-state index in [4.69, 9.17) is 20.4 Å². The molecule has 1 amide bonds. The number of amides is 1. The number of carboxylic acids is 1. The van der Waals surface area contributed by atoms with Crippen molar-refractivity contribution in [3.8, 4) is 11.3 Å². The Morgan fingerprint density at radius 1 is 0.967 bits per heavy atom. The van der Waals surface area contributed by atoms with Gasteiger partial charge < -0.3 is 19.3 Å². The molecule has 148 valence electrons. The summed E-state index contributed by atoms with van der Waals surface area (Å²) in [6.07, 6.45) is 0. The van der Waals surface area contributed by atoms with Crippen molar-refractivity contribution in [2.24, 2.45) is 0 Å². The fourth-order valence-electron chi connectivity index (χ4n) is 3.25. The first-order chi connectivity index (χ1) is 14.5. The number of benzene rings is 2. The van der Waals surface area contributed by atoms with Crippen LogP contribution in [0.1, 0.15) is 20.9 Å². The molecule has 0 aliphatic heterocycles. The molecule has 0 bridgehead atoms. The average molecular weight is 438 g/mol. The van der Waals surface area contributed by atoms with E-state index in [1.807, 2.05) is 18.2 Å². The Bertz CT molecular complexity index is 1410. The number of rotatable bonds is 4. The van der Waals surface area contributed by atoms with Gasteiger partial charge in [-0.15, -0.1) is 11.3 Å². The van der Waals surface area contributed by atoms with E-state index in [2.05, 4.69) is 5.32 Å². The lowest BCUT2D eigenvalue weighted by Gasteiger charge is -2.03. The van der Waals surface area contributed by atoms with Crippen LogP contribution in [-0.4, -0.2) is 17.0 Å². The molecule has 0 aliphatic rings. The molecule has 0 unspecified atom stereocenters. The number of carbonyl (C=O) groups excluding carboxylic acids is 1. The molecule has 0 saturated carbocycles. The van der Waals surface area contributed by atoms with Crippen LogP contribution in [0, 0.1) is 0 Å². The number of nitrogens with one attached hydrogen (secondary N) is 1. The number of aromatic carboxylic acids is 1. The molecule has 3 heterocycles. The number of furan rings is 2. The fourth-order valence-corrected chi connectivity index (χ4v) is 4.37. The van der Waals surface area contributed by atoms with Gasteiger partial charge in [-0.1, -0.05) is 29.8 Å². The number of halogens is 1. The summed E-state index contributed by atoms with van der Waals surface area (Å²) in [7, 11) is 0. The first kappa shape index (κ1) is 18.5. The number of carbonyl (C=O) groups is 2. The molecule has 0 fully saturated rings. The Kier molecular flexibility index (Phi) is 4.34. The summed E-state index contributed by atoms with van der Waals surface area (Å²) in [5.41, 5.74) is 1.49. The van der Waals surface area contributed by atoms with Gasteiger partial charge in [0.1, 0.15) is 27.5 Å². The molecule has 5 rings (SSSR count). The number of thiophene rings is 1. The van der Waals surface area contributed by atoms with Crippen molar-refractivity contribution >= 4 is 61.8 Å². The van der Waals surface area contributed by atoms with Gasteiger partial charge in [0.2, 0.25) is 0 Å². The van der Waals surface area contributed by atoms with Crippen LogP contribution < -0.4 is 5.32 Å². The minimum absolute atomic E-state index is 0.0467. The summed E-state index contributed by atoms with van der Waals surface area (Å²) in [4.78, 5) is 24.6. The van der Waals surface area contributed by atoms with E-state index in [-0.39, 0.29) is 16.3 Å². The number of hydrogen-bond donors (Lipinski definition) is 2. The summed E-state index contributed by atoms with van der Waals surface area (Å²) in [5, 5.41) is 16.4. The Morgan fingerprint density at radius 3 is 2.57 bits per heavy atom. The number of para-hydroxylation sites is 1. The van der Waals surface area contributed by atoms with Crippen LogP contribution >= 0.6 is 22.9 Å². The minimum Gasteiger partial charge on any atom is -0.478 e. The van der Waals surface area contributed by atoms with Gasteiger partial charge >= 0.3 is 5.97 Å². The molecule has 8 heteroatoms. The van der Waals surface area contributed by atoms with Crippen LogP contribution in [0.4, 0.5) is 5.00 Å². The van der Waals surface area contributed by atoms with Crippen molar-refractivity contribution in [3.63, 3.8) is 0 Å². The molecule has 3 aromatic heterocycles. The molecule has 0 atom stereocenters. The predicted octanol–water partition coefficient (Wildman–Crippen LogP) is 6.51. The van der Waals surface area contributed by atoms with E-state index < -0.39 is 11.9 Å². The Morgan fingerprint density at radius 2 is 1.77 bits per heavy atom. The smallest absolute Gasteiger partial charge is 0.339 e. The van der Waals surface area contributed by atoms with Gasteiger partial charge in [0.15, 0.2) is 5.76 Å². The summed E-state index contributed by atoms with van der Waals surface area (Å²) >= 11 is 7.12. The van der Waals surface area contributed by atoms with Crippen LogP contribution in [0.2, 0.25) is 5.02 Å². The molecule has 30 heavy (non-hydrogen) atoms. The van der Waals surface area contributed by atoms with Crippen LogP contribution in [-0.2, 0) is 0 Å². The third kappa shape index (κ3) is 3.14. The van der Waals surface area contributed by atoms with Crippen molar-refractivity contribution in [1.29, 1.82) is 0 Å². The fraction of sp³-hybridized carbons (Fsp3) is 0. The van der Waals surface area contributed by atoms with Crippen LogP contribution in [0.5, 0.6) is 0 Å². The largest absolute Gasteiger partial charge is 0.478 e. The van der Waals surface area contributed by atoms with Crippen molar-refractivity contribution in [2.75, 3.05) is 5.32 Å². The molecule has 5 aromatic rings. The number of anilines is 1. The second-order valence-electron chi connectivity index (χ2n) is 6.55. The lowest BCUT2D eigenvalue weighted by Crippen LogP contribution is -2.12. The van der Waals surface area contributed by atoms with E-state index in [1.54, 1.807) is 41.8 Å². The summed E-state index contributed by atoms with van der Waals surface area (Å²) in [6.45, 7) is 0. The molecular weight excluding hydrogens is 426 g/mol. The Hall–Kier alpha value is -3.55. The highest BCUT2D eigenvalue weighted by Gasteiger charge is 2.24. The van der Waals surface area contributed by atoms with Gasteiger partial charge in [0.25, 0.3) is 5.91 Å². The Balaban J connectivity index is 1.52. The van der Waals surface area contributed by atoms with Gasteiger partial charge in [0, 0.05) is 26.7 Å². The van der Waals surface area contributed by atoms with Gasteiger partial charge in [0.05, 0.1) is 0 Å². The van der Waals surface area contributed by atoms with Crippen molar-refractivity contribution in [1.82, 2.24) is 0 Å². The monoisotopic (exact) mass is 437 g/mol. The predicted molar refractivity (Wildman–Crippen MR) is 116 cm³/mol. The Labute approximate surface area is 178 Å². The highest BCUT2D eigenvalue weighted by Crippen LogP contribution is 2.38. The standard InChI is InChI=1S/C22H12ClNO5S/c23-13-5-6-16-12(7-13)9-17(28-16)14-10-30-21(19(14)22(26)27)24-20(25)18-8-11-3-1-2-4-15(11)29-18/h1-10H,(H,24,25)(H,26,27). The third-order valence-electron chi connectivity index (χ3n) is 4.63. The second-order valence-corrected chi connectivity index (χ2v) is 7.87. The quantitative estimate of drug-likeness (QED) is 0.334. The van der Waals surface area contributed by atoms with Crippen molar-refractivity contribution < 1.29 is 23.5 Å². The van der Waals surface area contributed by atoms with Gasteiger partial charge in [-0.05, 0) is 36.4 Å². The zero-order valence-electron chi connectivity index (χ0n) is 15.1. The lowest BCUT2D eigenvalue weighted by molar-refractivity contribution is 0.0699. The molecule has 2 N–H and O–H groups in total. The van der Waals surface area contributed by atoms with Crippen molar-refractivity contribution in [2.45, 2.75) is 0 Å². The molecular formula is C22H12ClNO5S. The summed E-state index contributed by atoms with van der Waals surface area (Å²) in [5.74, 6) is -1.23. The SMILES string of the molecule is O=C(Nc1scc(-c2cc3cc(Cl)ccc3o2)c1C(=O)O)c1cc2ccccc2o1. The van der Waals surface area contributed by atoms with Crippen LogP contribution in [0.25, 0.3) is 33.3 Å². The van der Waals surface area contributed by atoms with E-state index in [1.165, 1.54) is 0 Å². The number of fused-ring (bicyclic) bond motifs is 2. The maximum atomic E-state index is 12.7. The van der Waals surface area contributed by atoms with Crippen LogP contribution in [0.3, 0.4) is 0 Å². The van der Waals surface area contributed by atoms with Gasteiger partial charge in [-0.2, -0.15) is 0 Å². The van der Waals surface area contributed by atoms with E-state index >= 15 is 0 Å². The zero-order valence-corrected chi connectivity index (χ0v) is 16.7. The first-order valence-corrected chi connectivity index (χ1v) is 10.1. The highest BCUT2D eigenvalue weighted by atomic mass is 35.5.